The Kier molecular flexibility index (Phi) is 6.35. The summed E-state index contributed by atoms with van der Waals surface area (Å²) in [4.78, 5) is -0.477. The van der Waals surface area contributed by atoms with Crippen LogP contribution in [0.4, 0.5) is 4.39 Å². The third kappa shape index (κ3) is 4.28. The Hall–Kier alpha value is -2.16. The molecule has 2 aromatic rings. The molecule has 136 valence electrons. The van der Waals surface area contributed by atoms with Crippen LogP contribution < -0.4 is 15.2 Å². The molecule has 0 aliphatic rings. The molecule has 2 N–H and O–H groups in total. The molecule has 25 heavy (non-hydrogen) atoms. The number of sulfonamides is 1. The van der Waals surface area contributed by atoms with Crippen molar-refractivity contribution in [1.82, 2.24) is 4.31 Å². The molecule has 0 spiro atoms. The van der Waals surface area contributed by atoms with Gasteiger partial charge < -0.3 is 15.2 Å². The van der Waals surface area contributed by atoms with Gasteiger partial charge in [0.2, 0.25) is 10.0 Å². The highest BCUT2D eigenvalue weighted by molar-refractivity contribution is 7.89. The van der Waals surface area contributed by atoms with E-state index in [1.165, 1.54) is 14.2 Å². The van der Waals surface area contributed by atoms with Crippen LogP contribution in [0.25, 0.3) is 0 Å². The highest BCUT2D eigenvalue weighted by Gasteiger charge is 2.29. The fourth-order valence-corrected chi connectivity index (χ4v) is 3.89. The molecule has 0 fully saturated rings. The van der Waals surface area contributed by atoms with Crippen molar-refractivity contribution in [2.24, 2.45) is 5.73 Å². The van der Waals surface area contributed by atoms with Crippen molar-refractivity contribution in [3.05, 3.63) is 53.8 Å². The molecule has 0 saturated carbocycles. The predicted molar refractivity (Wildman–Crippen MR) is 92.6 cm³/mol. The van der Waals surface area contributed by atoms with Gasteiger partial charge in [0.25, 0.3) is 0 Å². The van der Waals surface area contributed by atoms with Crippen LogP contribution in [0.5, 0.6) is 11.5 Å². The SMILES string of the molecule is COc1cc(F)c(S(=O)(=O)N(CCN)Cc2ccccc2)cc1OC. The van der Waals surface area contributed by atoms with Crippen LogP contribution in [0.3, 0.4) is 0 Å². The average Bonchev–Trinajstić information content (AvgIpc) is 2.61. The molecule has 2 rings (SSSR count). The minimum atomic E-state index is -4.11. The zero-order chi connectivity index (χ0) is 18.4. The third-order valence-corrected chi connectivity index (χ3v) is 5.50. The third-order valence-electron chi connectivity index (χ3n) is 3.64. The Morgan fingerprint density at radius 2 is 1.68 bits per heavy atom. The summed E-state index contributed by atoms with van der Waals surface area (Å²) in [5.41, 5.74) is 6.33. The number of ether oxygens (including phenoxy) is 2. The molecule has 0 aromatic heterocycles. The lowest BCUT2D eigenvalue weighted by Crippen LogP contribution is -2.35. The van der Waals surface area contributed by atoms with Crippen molar-refractivity contribution in [3.8, 4) is 11.5 Å². The van der Waals surface area contributed by atoms with Gasteiger partial charge in [0.1, 0.15) is 10.7 Å². The van der Waals surface area contributed by atoms with E-state index in [0.29, 0.717) is 0 Å². The molecule has 0 unspecified atom stereocenters. The molecule has 0 aliphatic heterocycles. The Labute approximate surface area is 147 Å². The average molecular weight is 368 g/mol. The van der Waals surface area contributed by atoms with E-state index < -0.39 is 20.7 Å². The topological polar surface area (TPSA) is 81.9 Å². The second kappa shape index (κ2) is 8.28. The number of nitrogens with zero attached hydrogens (tertiary/aromatic N) is 1. The van der Waals surface area contributed by atoms with Crippen molar-refractivity contribution >= 4 is 10.0 Å². The molecular weight excluding hydrogens is 347 g/mol. The van der Waals surface area contributed by atoms with Crippen LogP contribution in [0.15, 0.2) is 47.4 Å². The van der Waals surface area contributed by atoms with E-state index in [1.807, 2.05) is 6.07 Å². The van der Waals surface area contributed by atoms with Crippen LogP contribution in [0.1, 0.15) is 5.56 Å². The smallest absolute Gasteiger partial charge is 0.246 e. The second-order valence-electron chi connectivity index (χ2n) is 5.25. The largest absolute Gasteiger partial charge is 0.493 e. The minimum Gasteiger partial charge on any atom is -0.493 e. The van der Waals surface area contributed by atoms with E-state index in [9.17, 15) is 12.8 Å². The van der Waals surface area contributed by atoms with Gasteiger partial charge in [-0.05, 0) is 5.56 Å². The van der Waals surface area contributed by atoms with Crippen molar-refractivity contribution in [3.63, 3.8) is 0 Å². The van der Waals surface area contributed by atoms with E-state index in [4.69, 9.17) is 15.2 Å². The fourth-order valence-electron chi connectivity index (χ4n) is 2.39. The highest BCUT2D eigenvalue weighted by Crippen LogP contribution is 2.33. The number of hydrogen-bond acceptors (Lipinski definition) is 5. The number of hydrogen-bond donors (Lipinski definition) is 1. The quantitative estimate of drug-likeness (QED) is 0.771. The normalized spacial score (nSPS) is 11.6. The van der Waals surface area contributed by atoms with Gasteiger partial charge in [-0.2, -0.15) is 4.31 Å². The molecule has 0 radical (unpaired) electrons. The summed E-state index contributed by atoms with van der Waals surface area (Å²) in [6, 6.07) is 11.2. The Bertz CT molecular complexity index is 813. The zero-order valence-electron chi connectivity index (χ0n) is 14.1. The molecular formula is C17H21FN2O4S. The molecule has 6 nitrogen and oxygen atoms in total. The van der Waals surface area contributed by atoms with Crippen molar-refractivity contribution in [2.75, 3.05) is 27.3 Å². The van der Waals surface area contributed by atoms with Gasteiger partial charge in [0.15, 0.2) is 11.5 Å². The van der Waals surface area contributed by atoms with Crippen LogP contribution in [0.2, 0.25) is 0 Å². The van der Waals surface area contributed by atoms with Gasteiger partial charge in [-0.25, -0.2) is 12.8 Å². The van der Waals surface area contributed by atoms with E-state index in [0.717, 1.165) is 22.0 Å². The summed E-state index contributed by atoms with van der Waals surface area (Å²) in [6.07, 6.45) is 0. The number of halogens is 1. The first kappa shape index (κ1) is 19.2. The van der Waals surface area contributed by atoms with Gasteiger partial charge in [-0.3, -0.25) is 0 Å². The lowest BCUT2D eigenvalue weighted by atomic mass is 10.2. The van der Waals surface area contributed by atoms with Crippen LogP contribution in [-0.4, -0.2) is 40.0 Å². The molecule has 0 atom stereocenters. The summed E-state index contributed by atoms with van der Waals surface area (Å²) < 4.78 is 51.5. The molecule has 0 bridgehead atoms. The fraction of sp³-hybridized carbons (Fsp3) is 0.294. The lowest BCUT2D eigenvalue weighted by molar-refractivity contribution is 0.349. The van der Waals surface area contributed by atoms with E-state index in [1.54, 1.807) is 24.3 Å². The summed E-state index contributed by atoms with van der Waals surface area (Å²) in [7, 11) is -1.40. The number of rotatable bonds is 8. The van der Waals surface area contributed by atoms with Crippen molar-refractivity contribution < 1.29 is 22.3 Å². The number of benzene rings is 2. The van der Waals surface area contributed by atoms with Gasteiger partial charge >= 0.3 is 0 Å². The first-order chi connectivity index (χ1) is 11.9. The Balaban J connectivity index is 2.46. The van der Waals surface area contributed by atoms with Crippen molar-refractivity contribution in [2.45, 2.75) is 11.4 Å². The maximum absolute atomic E-state index is 14.4. The van der Waals surface area contributed by atoms with E-state index in [-0.39, 0.29) is 31.1 Å². The highest BCUT2D eigenvalue weighted by atomic mass is 32.2. The molecule has 0 aliphatic carbocycles. The summed E-state index contributed by atoms with van der Waals surface area (Å²) in [6.45, 7) is 0.264. The molecule has 0 heterocycles. The summed E-state index contributed by atoms with van der Waals surface area (Å²) in [5.74, 6) is -0.657. The standard InChI is InChI=1S/C17H21FN2O4S/c1-23-15-10-14(18)17(11-16(15)24-2)25(21,22)20(9-8-19)12-13-6-4-3-5-7-13/h3-7,10-11H,8-9,12,19H2,1-2H3. The summed E-state index contributed by atoms with van der Waals surface area (Å²) in [5, 5.41) is 0. The Morgan fingerprint density at radius 1 is 1.08 bits per heavy atom. The van der Waals surface area contributed by atoms with E-state index in [2.05, 4.69) is 0 Å². The number of nitrogens with two attached hydrogens (primary N) is 1. The van der Waals surface area contributed by atoms with Gasteiger partial charge in [-0.15, -0.1) is 0 Å². The van der Waals surface area contributed by atoms with Gasteiger partial charge in [0.05, 0.1) is 14.2 Å². The second-order valence-corrected chi connectivity index (χ2v) is 7.16. The van der Waals surface area contributed by atoms with Crippen LogP contribution >= 0.6 is 0 Å². The van der Waals surface area contributed by atoms with E-state index >= 15 is 0 Å². The summed E-state index contributed by atoms with van der Waals surface area (Å²) >= 11 is 0. The molecule has 8 heteroatoms. The number of methoxy groups -OCH3 is 2. The monoisotopic (exact) mass is 368 g/mol. The minimum absolute atomic E-state index is 0.0605. The lowest BCUT2D eigenvalue weighted by Gasteiger charge is -2.22. The zero-order valence-corrected chi connectivity index (χ0v) is 14.9. The molecule has 0 amide bonds. The van der Waals surface area contributed by atoms with Crippen LogP contribution in [0, 0.1) is 5.82 Å². The first-order valence-electron chi connectivity index (χ1n) is 7.59. The predicted octanol–water partition coefficient (Wildman–Crippen LogP) is 1.99. The maximum Gasteiger partial charge on any atom is 0.246 e. The first-order valence-corrected chi connectivity index (χ1v) is 9.03. The maximum atomic E-state index is 14.4. The Morgan fingerprint density at radius 3 is 2.24 bits per heavy atom. The van der Waals surface area contributed by atoms with Gasteiger partial charge in [0, 0.05) is 31.8 Å². The van der Waals surface area contributed by atoms with Crippen LogP contribution in [-0.2, 0) is 16.6 Å². The molecule has 0 saturated heterocycles. The molecule has 2 aromatic carbocycles. The van der Waals surface area contributed by atoms with Crippen molar-refractivity contribution in [1.29, 1.82) is 0 Å². The van der Waals surface area contributed by atoms with Gasteiger partial charge in [-0.1, -0.05) is 30.3 Å².